The Morgan fingerprint density at radius 2 is 1.65 bits per heavy atom. The van der Waals surface area contributed by atoms with Gasteiger partial charge in [-0.1, -0.05) is 54.1 Å². The molecule has 0 fully saturated rings. The van der Waals surface area contributed by atoms with E-state index < -0.39 is 23.8 Å². The fourth-order valence-electron chi connectivity index (χ4n) is 4.33. The van der Waals surface area contributed by atoms with Crippen LogP contribution in [0.2, 0.25) is 5.02 Å². The van der Waals surface area contributed by atoms with E-state index in [1.165, 1.54) is 25.6 Å². The summed E-state index contributed by atoms with van der Waals surface area (Å²) >= 11 is 7.85. The van der Waals surface area contributed by atoms with Crippen molar-refractivity contribution in [2.75, 3.05) is 14.2 Å². The lowest BCUT2D eigenvalue weighted by molar-refractivity contribution is -0.143. The molecule has 6 nitrogen and oxygen atoms in total. The van der Waals surface area contributed by atoms with Crippen LogP contribution in [0.1, 0.15) is 25.3 Å². The smallest absolute Gasteiger partial charge is 0.336 e. The maximum absolute atomic E-state index is 12.9. The van der Waals surface area contributed by atoms with Gasteiger partial charge in [0.1, 0.15) is 10.9 Å². The summed E-state index contributed by atoms with van der Waals surface area (Å²) in [7, 11) is 2.65. The molecule has 1 aliphatic heterocycles. The molecule has 0 bridgehead atoms. The highest BCUT2D eigenvalue weighted by Gasteiger charge is 2.43. The van der Waals surface area contributed by atoms with Crippen LogP contribution < -0.4 is 0 Å². The Balaban J connectivity index is 1.89. The SMILES string of the molecule is COC(=O)C1=C(C)N=C(C)C(C(=O)OC)C1c1ccccc1-c1nc(-c2ccccc2Cl)cs1. The Hall–Kier alpha value is -3.29. The van der Waals surface area contributed by atoms with Gasteiger partial charge in [-0.05, 0) is 25.5 Å². The van der Waals surface area contributed by atoms with Crippen LogP contribution in [0.15, 0.2) is 70.2 Å². The van der Waals surface area contributed by atoms with E-state index in [9.17, 15) is 9.59 Å². The van der Waals surface area contributed by atoms with Crippen molar-refractivity contribution in [2.24, 2.45) is 10.9 Å². The predicted molar refractivity (Wildman–Crippen MR) is 134 cm³/mol. The van der Waals surface area contributed by atoms with Gasteiger partial charge < -0.3 is 9.47 Å². The van der Waals surface area contributed by atoms with Gasteiger partial charge in [0.2, 0.25) is 0 Å². The van der Waals surface area contributed by atoms with Crippen molar-refractivity contribution in [3.8, 4) is 21.8 Å². The van der Waals surface area contributed by atoms with Crippen molar-refractivity contribution >= 4 is 40.6 Å². The van der Waals surface area contributed by atoms with E-state index in [1.807, 2.05) is 53.9 Å². The number of rotatable bonds is 5. The van der Waals surface area contributed by atoms with Crippen molar-refractivity contribution in [1.82, 2.24) is 4.98 Å². The van der Waals surface area contributed by atoms with Gasteiger partial charge >= 0.3 is 11.9 Å². The molecule has 3 aromatic rings. The molecule has 0 radical (unpaired) electrons. The number of hydrogen-bond donors (Lipinski definition) is 0. The van der Waals surface area contributed by atoms with Crippen LogP contribution in [-0.4, -0.2) is 36.9 Å². The first-order valence-corrected chi connectivity index (χ1v) is 11.8. The number of esters is 2. The summed E-state index contributed by atoms with van der Waals surface area (Å²) in [6.07, 6.45) is 0. The number of allylic oxidation sites excluding steroid dienone is 1. The van der Waals surface area contributed by atoms with E-state index in [0.717, 1.165) is 27.4 Å². The fourth-order valence-corrected chi connectivity index (χ4v) is 5.43. The molecule has 0 saturated heterocycles. The molecule has 2 atom stereocenters. The average molecular weight is 495 g/mol. The Morgan fingerprint density at radius 1 is 0.971 bits per heavy atom. The minimum atomic E-state index is -0.771. The van der Waals surface area contributed by atoms with Crippen molar-refractivity contribution in [3.63, 3.8) is 0 Å². The van der Waals surface area contributed by atoms with Crippen LogP contribution in [0.3, 0.4) is 0 Å². The van der Waals surface area contributed by atoms with E-state index in [1.54, 1.807) is 13.8 Å². The van der Waals surface area contributed by atoms with E-state index in [4.69, 9.17) is 26.1 Å². The van der Waals surface area contributed by atoms with Crippen LogP contribution in [0.4, 0.5) is 0 Å². The lowest BCUT2D eigenvalue weighted by Gasteiger charge is -2.32. The number of halogens is 1. The molecule has 0 spiro atoms. The highest BCUT2D eigenvalue weighted by Crippen LogP contribution is 2.44. The summed E-state index contributed by atoms with van der Waals surface area (Å²) in [6.45, 7) is 3.52. The van der Waals surface area contributed by atoms with E-state index in [-0.39, 0.29) is 0 Å². The number of ether oxygens (including phenoxy) is 2. The second-order valence-electron chi connectivity index (χ2n) is 7.83. The molecular weight excluding hydrogens is 472 g/mol. The van der Waals surface area contributed by atoms with Crippen molar-refractivity contribution < 1.29 is 19.1 Å². The minimum absolute atomic E-state index is 0.332. The molecular formula is C26H23ClN2O4S. The number of methoxy groups -OCH3 is 2. The lowest BCUT2D eigenvalue weighted by Crippen LogP contribution is -2.36. The first-order valence-electron chi connectivity index (χ1n) is 10.6. The highest BCUT2D eigenvalue weighted by molar-refractivity contribution is 7.13. The number of benzene rings is 2. The minimum Gasteiger partial charge on any atom is -0.468 e. The topological polar surface area (TPSA) is 77.8 Å². The molecule has 0 saturated carbocycles. The number of carbonyl (C=O) groups is 2. The molecule has 34 heavy (non-hydrogen) atoms. The third-order valence-corrected chi connectivity index (χ3v) is 7.07. The average Bonchev–Trinajstić information content (AvgIpc) is 3.33. The molecule has 0 N–H and O–H groups in total. The normalized spacial score (nSPS) is 17.9. The van der Waals surface area contributed by atoms with Crippen molar-refractivity contribution in [2.45, 2.75) is 19.8 Å². The van der Waals surface area contributed by atoms with E-state index in [2.05, 4.69) is 4.99 Å². The van der Waals surface area contributed by atoms with Crippen LogP contribution >= 0.6 is 22.9 Å². The zero-order chi connectivity index (χ0) is 24.4. The van der Waals surface area contributed by atoms with E-state index in [0.29, 0.717) is 22.0 Å². The quantitative estimate of drug-likeness (QED) is 0.411. The first kappa shape index (κ1) is 23.9. The summed E-state index contributed by atoms with van der Waals surface area (Å²) in [6, 6.07) is 15.1. The van der Waals surface area contributed by atoms with E-state index >= 15 is 0 Å². The van der Waals surface area contributed by atoms with Crippen LogP contribution in [0, 0.1) is 5.92 Å². The van der Waals surface area contributed by atoms with Gasteiger partial charge in [0, 0.05) is 38.9 Å². The van der Waals surface area contributed by atoms with Gasteiger partial charge in [0.05, 0.1) is 25.5 Å². The summed E-state index contributed by atoms with van der Waals surface area (Å²) in [5.41, 5.74) is 4.60. The Labute approximate surface area is 206 Å². The molecule has 0 aliphatic carbocycles. The van der Waals surface area contributed by atoms with Crippen molar-refractivity contribution in [3.05, 3.63) is 75.8 Å². The molecule has 1 aromatic heterocycles. The Morgan fingerprint density at radius 3 is 2.32 bits per heavy atom. The molecule has 4 rings (SSSR count). The summed E-state index contributed by atoms with van der Waals surface area (Å²) < 4.78 is 10.2. The van der Waals surface area contributed by atoms with Gasteiger partial charge in [0.25, 0.3) is 0 Å². The van der Waals surface area contributed by atoms with Crippen molar-refractivity contribution in [1.29, 1.82) is 0 Å². The molecule has 2 aromatic carbocycles. The second-order valence-corrected chi connectivity index (χ2v) is 9.09. The highest BCUT2D eigenvalue weighted by atomic mass is 35.5. The number of thiazole rings is 1. The summed E-state index contributed by atoms with van der Waals surface area (Å²) in [5.74, 6) is -2.41. The standard InChI is InChI=1S/C26H23ClN2O4S/c1-14-21(25(30)32-3)23(22(15(2)28-14)26(31)33-4)16-9-5-6-10-17(16)24-29-20(13-34-24)18-11-7-8-12-19(18)27/h5-13,21,23H,1-4H3. The zero-order valence-corrected chi connectivity index (χ0v) is 20.7. The van der Waals surface area contributed by atoms with Crippen LogP contribution in [-0.2, 0) is 19.1 Å². The molecule has 8 heteroatoms. The third kappa shape index (κ3) is 4.29. The number of aromatic nitrogens is 1. The zero-order valence-electron chi connectivity index (χ0n) is 19.2. The molecule has 2 unspecified atom stereocenters. The van der Waals surface area contributed by atoms with Gasteiger partial charge in [-0.25, -0.2) is 9.78 Å². The Bertz CT molecular complexity index is 1330. The lowest BCUT2D eigenvalue weighted by atomic mass is 9.74. The molecule has 0 amide bonds. The molecule has 1 aliphatic rings. The van der Waals surface area contributed by atoms with Gasteiger partial charge in [-0.15, -0.1) is 11.3 Å². The second kappa shape index (κ2) is 9.91. The van der Waals surface area contributed by atoms with Crippen LogP contribution in [0.5, 0.6) is 0 Å². The maximum Gasteiger partial charge on any atom is 0.336 e. The largest absolute Gasteiger partial charge is 0.468 e. The number of hydrogen-bond acceptors (Lipinski definition) is 7. The molecule has 174 valence electrons. The number of nitrogens with zero attached hydrogens (tertiary/aromatic N) is 2. The first-order chi connectivity index (χ1) is 16.4. The molecule has 2 heterocycles. The summed E-state index contributed by atoms with van der Waals surface area (Å²) in [5, 5.41) is 3.31. The van der Waals surface area contributed by atoms with Gasteiger partial charge in [-0.2, -0.15) is 0 Å². The third-order valence-electron chi connectivity index (χ3n) is 5.87. The fraction of sp³-hybridized carbons (Fsp3) is 0.231. The predicted octanol–water partition coefficient (Wildman–Crippen LogP) is 5.92. The van der Waals surface area contributed by atoms with Gasteiger partial charge in [0.15, 0.2) is 0 Å². The number of aliphatic imine (C=N–C) groups is 1. The number of carbonyl (C=O) groups excluding carboxylic acids is 2. The van der Waals surface area contributed by atoms with Crippen LogP contribution in [0.25, 0.3) is 21.8 Å². The monoisotopic (exact) mass is 494 g/mol. The summed E-state index contributed by atoms with van der Waals surface area (Å²) in [4.78, 5) is 35.1. The maximum atomic E-state index is 12.9. The Kier molecular flexibility index (Phi) is 6.95. The van der Waals surface area contributed by atoms with Gasteiger partial charge in [-0.3, -0.25) is 9.79 Å².